The van der Waals surface area contributed by atoms with Gasteiger partial charge in [0.25, 0.3) is 0 Å². The second-order valence-electron chi connectivity index (χ2n) is 14.6. The average Bonchev–Trinajstić information content (AvgIpc) is 3.31. The predicted molar refractivity (Wildman–Crippen MR) is 233 cm³/mol. The number of carbonyl (C=O) groups excluding carboxylic acids is 7. The van der Waals surface area contributed by atoms with Crippen molar-refractivity contribution in [2.24, 2.45) is 5.41 Å². The minimum atomic E-state index is -1.17. The van der Waals surface area contributed by atoms with E-state index in [1.807, 2.05) is 19.1 Å². The van der Waals surface area contributed by atoms with Crippen molar-refractivity contribution >= 4 is 41.8 Å². The molecule has 0 heterocycles. The third-order valence-electron chi connectivity index (χ3n) is 9.40. The van der Waals surface area contributed by atoms with Crippen LogP contribution in [0.1, 0.15) is 90.5 Å². The number of hydrogen-bond acceptors (Lipinski definition) is 15. The molecule has 64 heavy (non-hydrogen) atoms. The number of aryl methyl sites for hydroxylation is 1. The predicted octanol–water partition coefficient (Wildman–Crippen LogP) is 7.97. The Morgan fingerprint density at radius 3 is 1.28 bits per heavy atom. The third-order valence-corrected chi connectivity index (χ3v) is 9.40. The summed E-state index contributed by atoms with van der Waals surface area (Å²) in [7, 11) is 0. The van der Waals surface area contributed by atoms with Crippen molar-refractivity contribution in [3.8, 4) is 17.2 Å². The highest BCUT2D eigenvalue weighted by atomic mass is 16.6. The van der Waals surface area contributed by atoms with Gasteiger partial charge in [0, 0.05) is 18.2 Å². The molecule has 3 aromatic carbocycles. The molecule has 3 aromatic rings. The molecule has 0 aliphatic rings. The summed E-state index contributed by atoms with van der Waals surface area (Å²) in [6.45, 7) is 11.8. The highest BCUT2D eigenvalue weighted by Crippen LogP contribution is 2.27. The summed E-state index contributed by atoms with van der Waals surface area (Å²) in [6, 6.07) is 19.9. The van der Waals surface area contributed by atoms with Gasteiger partial charge in [0.1, 0.15) is 37.1 Å². The molecule has 3 rings (SSSR count). The van der Waals surface area contributed by atoms with E-state index >= 15 is 0 Å². The van der Waals surface area contributed by atoms with Gasteiger partial charge in [-0.3, -0.25) is 9.59 Å². The Morgan fingerprint density at radius 2 is 0.844 bits per heavy atom. The fraction of sp³-hybridized carbons (Fsp3) is 0.367. The van der Waals surface area contributed by atoms with Gasteiger partial charge in [0.2, 0.25) is 0 Å². The molecule has 0 atom stereocenters. The van der Waals surface area contributed by atoms with Crippen LogP contribution in [-0.2, 0) is 47.7 Å². The maximum absolute atomic E-state index is 12.7. The first-order valence-corrected chi connectivity index (χ1v) is 20.9. The molecule has 0 aromatic heterocycles. The Labute approximate surface area is 373 Å². The Bertz CT molecular complexity index is 1960. The van der Waals surface area contributed by atoms with E-state index in [0.29, 0.717) is 41.4 Å². The van der Waals surface area contributed by atoms with Crippen molar-refractivity contribution in [2.45, 2.75) is 71.1 Å². The van der Waals surface area contributed by atoms with Crippen LogP contribution in [0.5, 0.6) is 17.2 Å². The van der Waals surface area contributed by atoms with E-state index in [1.165, 1.54) is 0 Å². The summed E-state index contributed by atoms with van der Waals surface area (Å²) in [5.41, 5.74) is 0.655. The maximum Gasteiger partial charge on any atom is 0.343 e. The highest BCUT2D eigenvalue weighted by molar-refractivity contribution is 5.92. The van der Waals surface area contributed by atoms with E-state index in [4.69, 9.17) is 37.9 Å². The Morgan fingerprint density at radius 1 is 0.469 bits per heavy atom. The van der Waals surface area contributed by atoms with Crippen LogP contribution in [0.4, 0.5) is 0 Å². The van der Waals surface area contributed by atoms with E-state index < -0.39 is 47.2 Å². The van der Waals surface area contributed by atoms with Gasteiger partial charge >= 0.3 is 41.8 Å². The smallest absolute Gasteiger partial charge is 0.343 e. The number of esters is 7. The monoisotopic (exact) mass is 884 g/mol. The number of ether oxygens (including phenoxy) is 8. The number of benzene rings is 3. The molecule has 0 unspecified atom stereocenters. The first-order chi connectivity index (χ1) is 30.8. The van der Waals surface area contributed by atoms with Gasteiger partial charge in [-0.05, 0) is 93.3 Å². The molecule has 0 saturated heterocycles. The lowest BCUT2D eigenvalue weighted by Crippen LogP contribution is -2.39. The minimum Gasteiger partial charge on any atom is -0.494 e. The molecule has 0 radical (unpaired) electrons. The van der Waals surface area contributed by atoms with Gasteiger partial charge in [-0.2, -0.15) is 0 Å². The summed E-state index contributed by atoms with van der Waals surface area (Å²) in [5, 5.41) is 0. The van der Waals surface area contributed by atoms with Crippen LogP contribution in [0.25, 0.3) is 0 Å². The van der Waals surface area contributed by atoms with E-state index in [2.05, 4.69) is 19.7 Å². The number of unbranched alkanes of at least 4 members (excludes halogenated alkanes) is 5. The van der Waals surface area contributed by atoms with Crippen LogP contribution in [0.2, 0.25) is 0 Å². The van der Waals surface area contributed by atoms with Crippen LogP contribution < -0.4 is 14.2 Å². The van der Waals surface area contributed by atoms with Gasteiger partial charge < -0.3 is 37.9 Å². The van der Waals surface area contributed by atoms with E-state index in [9.17, 15) is 33.6 Å². The van der Waals surface area contributed by atoms with Crippen molar-refractivity contribution in [2.75, 3.05) is 39.6 Å². The topological polar surface area (TPSA) is 193 Å². The molecular weight excluding hydrogens is 829 g/mol. The van der Waals surface area contributed by atoms with Gasteiger partial charge in [-0.25, -0.2) is 24.0 Å². The largest absolute Gasteiger partial charge is 0.494 e. The van der Waals surface area contributed by atoms with Crippen LogP contribution in [0.3, 0.4) is 0 Å². The highest BCUT2D eigenvalue weighted by Gasteiger charge is 2.35. The molecule has 0 bridgehead atoms. The summed E-state index contributed by atoms with van der Waals surface area (Å²) in [5.74, 6) is -3.10. The second kappa shape index (κ2) is 28.5. The first-order valence-electron chi connectivity index (χ1n) is 20.9. The quantitative estimate of drug-likeness (QED) is 0.0206. The Hall–Kier alpha value is -7.03. The number of carbonyl (C=O) groups is 7. The fourth-order valence-electron chi connectivity index (χ4n) is 5.74. The molecular formula is C49H56O15. The zero-order valence-electron chi connectivity index (χ0n) is 36.2. The summed E-state index contributed by atoms with van der Waals surface area (Å²) in [6.07, 6.45) is 8.20. The van der Waals surface area contributed by atoms with E-state index in [1.54, 1.807) is 60.7 Å². The lowest BCUT2D eigenvalue weighted by Gasteiger charge is -2.31. The Balaban J connectivity index is 1.23. The molecule has 0 amide bonds. The summed E-state index contributed by atoms with van der Waals surface area (Å²) >= 11 is 0. The second-order valence-corrected chi connectivity index (χ2v) is 14.6. The lowest BCUT2D eigenvalue weighted by molar-refractivity contribution is -0.157. The van der Waals surface area contributed by atoms with Crippen LogP contribution in [0, 0.1) is 12.3 Å². The molecule has 0 spiro atoms. The molecule has 0 aliphatic carbocycles. The van der Waals surface area contributed by atoms with Crippen molar-refractivity contribution in [1.29, 1.82) is 0 Å². The van der Waals surface area contributed by atoms with Crippen molar-refractivity contribution in [3.63, 3.8) is 0 Å². The van der Waals surface area contributed by atoms with E-state index in [0.717, 1.165) is 55.9 Å². The van der Waals surface area contributed by atoms with Crippen LogP contribution in [0.15, 0.2) is 111 Å². The molecule has 0 saturated carbocycles. The fourth-order valence-corrected chi connectivity index (χ4v) is 5.74. The Kier molecular flexibility index (Phi) is 22.9. The zero-order valence-corrected chi connectivity index (χ0v) is 36.2. The maximum atomic E-state index is 12.7. The lowest BCUT2D eigenvalue weighted by atomic mass is 9.85. The van der Waals surface area contributed by atoms with Crippen molar-refractivity contribution < 1.29 is 71.5 Å². The average molecular weight is 885 g/mol. The molecule has 15 heteroatoms. The minimum absolute atomic E-state index is 0.0649. The molecule has 0 aliphatic heterocycles. The first kappa shape index (κ1) is 51.3. The standard InChI is InChI=1S/C49H56O15/c1-5-42(50)60-33-49(34-61-43(51)6-2,35-62-44(52)7-3)29-14-32-59-46(54)28-27-45(53)58-31-13-11-9-8-10-12-30-57-39-21-19-38(20-22-39)48(56)64-41-25-23-40(24-26-41)63-47(55)37-17-15-36(4)16-18-37/h5-7,15-26H,1-3,8-14,27-35H2,4H3. The molecule has 0 N–H and O–H groups in total. The van der Waals surface area contributed by atoms with Crippen molar-refractivity contribution in [3.05, 3.63) is 127 Å². The van der Waals surface area contributed by atoms with Gasteiger partial charge in [0.05, 0.1) is 49.2 Å². The van der Waals surface area contributed by atoms with Crippen molar-refractivity contribution in [1.82, 2.24) is 0 Å². The van der Waals surface area contributed by atoms with E-state index in [-0.39, 0.29) is 58.7 Å². The molecule has 15 nitrogen and oxygen atoms in total. The summed E-state index contributed by atoms with van der Waals surface area (Å²) in [4.78, 5) is 84.8. The van der Waals surface area contributed by atoms with Gasteiger partial charge in [-0.1, -0.05) is 63.1 Å². The number of hydrogen-bond donors (Lipinski definition) is 0. The third kappa shape index (κ3) is 20.2. The van der Waals surface area contributed by atoms with Gasteiger partial charge in [0.15, 0.2) is 0 Å². The normalized spacial score (nSPS) is 10.6. The SMILES string of the molecule is C=CC(=O)OCC(CCCOC(=O)CCC(=O)OCCCCCCCCOc1ccc(C(=O)Oc2ccc(OC(=O)c3ccc(C)cc3)cc2)cc1)(COC(=O)C=C)COC(=O)C=C. The zero-order chi connectivity index (χ0) is 46.6. The van der Waals surface area contributed by atoms with Gasteiger partial charge in [-0.15, -0.1) is 0 Å². The van der Waals surface area contributed by atoms with Crippen LogP contribution in [-0.4, -0.2) is 81.4 Å². The van der Waals surface area contributed by atoms with Crippen LogP contribution >= 0.6 is 0 Å². The number of rotatable bonds is 30. The molecule has 342 valence electrons. The summed E-state index contributed by atoms with van der Waals surface area (Å²) < 4.78 is 42.7. The molecule has 0 fully saturated rings.